The lowest BCUT2D eigenvalue weighted by Crippen LogP contribution is -2.19. The maximum Gasteiger partial charge on any atom is 0.253 e. The Kier molecular flexibility index (Phi) is 2.91. The van der Waals surface area contributed by atoms with Crippen LogP contribution < -0.4 is 5.56 Å². The average molecular weight is 266 g/mol. The van der Waals surface area contributed by atoms with Crippen LogP contribution in [0.2, 0.25) is 0 Å². The van der Waals surface area contributed by atoms with Crippen LogP contribution in [0.4, 0.5) is 0 Å². The summed E-state index contributed by atoms with van der Waals surface area (Å²) < 4.78 is 2.43. The van der Waals surface area contributed by atoms with Crippen molar-refractivity contribution in [3.05, 3.63) is 57.4 Å². The Labute approximate surface area is 94.8 Å². The lowest BCUT2D eigenvalue weighted by Gasteiger charge is -2.03. The number of hydrogen-bond acceptors (Lipinski definition) is 3. The molecule has 15 heavy (non-hydrogen) atoms. The van der Waals surface area contributed by atoms with Gasteiger partial charge in [-0.25, -0.2) is 4.98 Å². The van der Waals surface area contributed by atoms with E-state index < -0.39 is 0 Å². The van der Waals surface area contributed by atoms with E-state index in [2.05, 4.69) is 25.9 Å². The van der Waals surface area contributed by atoms with E-state index in [0.717, 1.165) is 10.0 Å². The molecule has 0 N–H and O–H groups in total. The van der Waals surface area contributed by atoms with Gasteiger partial charge in [0.25, 0.3) is 5.56 Å². The van der Waals surface area contributed by atoms with Crippen molar-refractivity contribution in [2.24, 2.45) is 0 Å². The second kappa shape index (κ2) is 4.35. The van der Waals surface area contributed by atoms with Gasteiger partial charge >= 0.3 is 0 Å². The van der Waals surface area contributed by atoms with Crippen LogP contribution in [0.1, 0.15) is 5.56 Å². The molecule has 76 valence electrons. The minimum atomic E-state index is -0.0648. The Morgan fingerprint density at radius 3 is 2.93 bits per heavy atom. The minimum Gasteiger partial charge on any atom is -0.295 e. The van der Waals surface area contributed by atoms with Crippen LogP contribution in [0.15, 0.2) is 46.3 Å². The normalized spacial score (nSPS) is 10.2. The maximum atomic E-state index is 11.4. The van der Waals surface area contributed by atoms with E-state index in [-0.39, 0.29) is 5.56 Å². The summed E-state index contributed by atoms with van der Waals surface area (Å²) in [6.45, 7) is 0.485. The molecule has 0 unspecified atom stereocenters. The summed E-state index contributed by atoms with van der Waals surface area (Å²) in [7, 11) is 0. The van der Waals surface area contributed by atoms with Crippen molar-refractivity contribution >= 4 is 15.9 Å². The summed E-state index contributed by atoms with van der Waals surface area (Å²) in [5.74, 6) is 0. The molecule has 2 heterocycles. The summed E-state index contributed by atoms with van der Waals surface area (Å²) >= 11 is 3.33. The topological polar surface area (TPSA) is 47.8 Å². The zero-order valence-electron chi connectivity index (χ0n) is 7.80. The van der Waals surface area contributed by atoms with E-state index in [9.17, 15) is 4.79 Å². The molecule has 2 aromatic rings. The van der Waals surface area contributed by atoms with E-state index in [0.29, 0.717) is 6.54 Å². The van der Waals surface area contributed by atoms with Crippen LogP contribution >= 0.6 is 15.9 Å². The standard InChI is InChI=1S/C10H8BrN3O/c11-9-3-8(4-13-5-9)6-14-7-12-2-1-10(14)15/h1-5,7H,6H2. The molecule has 0 spiro atoms. The van der Waals surface area contributed by atoms with Gasteiger partial charge in [-0.05, 0) is 27.6 Å². The van der Waals surface area contributed by atoms with Crippen molar-refractivity contribution in [2.75, 3.05) is 0 Å². The first kappa shape index (κ1) is 10.0. The summed E-state index contributed by atoms with van der Waals surface area (Å²) in [5, 5.41) is 0. The number of nitrogens with zero attached hydrogens (tertiary/aromatic N) is 3. The molecule has 0 saturated heterocycles. The maximum absolute atomic E-state index is 11.4. The monoisotopic (exact) mass is 265 g/mol. The summed E-state index contributed by atoms with van der Waals surface area (Å²) in [6, 6.07) is 3.36. The molecule has 0 aliphatic rings. The third kappa shape index (κ3) is 2.50. The molecule has 0 atom stereocenters. The molecule has 0 bridgehead atoms. The lowest BCUT2D eigenvalue weighted by molar-refractivity contribution is 0.733. The van der Waals surface area contributed by atoms with Crippen molar-refractivity contribution in [3.8, 4) is 0 Å². The van der Waals surface area contributed by atoms with Gasteiger partial charge in [-0.2, -0.15) is 0 Å². The van der Waals surface area contributed by atoms with Crippen LogP contribution in [-0.2, 0) is 6.54 Å². The van der Waals surface area contributed by atoms with Crippen molar-refractivity contribution in [2.45, 2.75) is 6.54 Å². The van der Waals surface area contributed by atoms with Gasteiger partial charge in [0.1, 0.15) is 0 Å². The number of halogens is 1. The SMILES string of the molecule is O=c1ccncn1Cc1cncc(Br)c1. The van der Waals surface area contributed by atoms with Crippen LogP contribution in [0.3, 0.4) is 0 Å². The second-order valence-corrected chi connectivity index (χ2v) is 3.97. The van der Waals surface area contributed by atoms with Crippen LogP contribution in [0.5, 0.6) is 0 Å². The fourth-order valence-corrected chi connectivity index (χ4v) is 1.65. The van der Waals surface area contributed by atoms with Crippen molar-refractivity contribution < 1.29 is 0 Å². The Morgan fingerprint density at radius 2 is 2.20 bits per heavy atom. The first-order chi connectivity index (χ1) is 7.25. The van der Waals surface area contributed by atoms with Crippen molar-refractivity contribution in [1.29, 1.82) is 0 Å². The predicted molar refractivity (Wildman–Crippen MR) is 59.5 cm³/mol. The quantitative estimate of drug-likeness (QED) is 0.826. The Hall–Kier alpha value is -1.49. The van der Waals surface area contributed by atoms with Gasteiger partial charge in [0.2, 0.25) is 0 Å². The highest BCUT2D eigenvalue weighted by Crippen LogP contribution is 2.09. The zero-order valence-corrected chi connectivity index (χ0v) is 9.39. The van der Waals surface area contributed by atoms with Gasteiger partial charge in [-0.15, -0.1) is 0 Å². The molecule has 2 aromatic heterocycles. The molecule has 0 saturated carbocycles. The molecule has 4 nitrogen and oxygen atoms in total. The Morgan fingerprint density at radius 1 is 1.33 bits per heavy atom. The highest BCUT2D eigenvalue weighted by atomic mass is 79.9. The molecule has 0 amide bonds. The average Bonchev–Trinajstić information content (AvgIpc) is 2.22. The number of hydrogen-bond donors (Lipinski definition) is 0. The van der Waals surface area contributed by atoms with E-state index in [1.807, 2.05) is 6.07 Å². The van der Waals surface area contributed by atoms with Gasteiger partial charge in [-0.3, -0.25) is 14.3 Å². The van der Waals surface area contributed by atoms with Crippen LogP contribution in [0.25, 0.3) is 0 Å². The smallest absolute Gasteiger partial charge is 0.253 e. The van der Waals surface area contributed by atoms with E-state index in [1.165, 1.54) is 23.2 Å². The van der Waals surface area contributed by atoms with Crippen molar-refractivity contribution in [1.82, 2.24) is 14.5 Å². The molecule has 0 aliphatic carbocycles. The highest BCUT2D eigenvalue weighted by molar-refractivity contribution is 9.10. The molecule has 0 radical (unpaired) electrons. The lowest BCUT2D eigenvalue weighted by atomic mass is 10.3. The molecule has 2 rings (SSSR count). The fourth-order valence-electron chi connectivity index (χ4n) is 1.24. The molecule has 0 aliphatic heterocycles. The van der Waals surface area contributed by atoms with Gasteiger partial charge in [0.05, 0.1) is 12.9 Å². The van der Waals surface area contributed by atoms with E-state index in [4.69, 9.17) is 0 Å². The third-order valence-corrected chi connectivity index (χ3v) is 2.34. The second-order valence-electron chi connectivity index (χ2n) is 3.06. The van der Waals surface area contributed by atoms with Crippen LogP contribution in [-0.4, -0.2) is 14.5 Å². The summed E-state index contributed by atoms with van der Waals surface area (Å²) in [6.07, 6.45) is 6.43. The van der Waals surface area contributed by atoms with E-state index >= 15 is 0 Å². The molecule has 5 heteroatoms. The highest BCUT2D eigenvalue weighted by Gasteiger charge is 1.98. The third-order valence-electron chi connectivity index (χ3n) is 1.91. The van der Waals surface area contributed by atoms with Gasteiger partial charge in [0.15, 0.2) is 0 Å². The predicted octanol–water partition coefficient (Wildman–Crippen LogP) is 1.45. The molecule has 0 fully saturated rings. The minimum absolute atomic E-state index is 0.0648. The van der Waals surface area contributed by atoms with Crippen molar-refractivity contribution in [3.63, 3.8) is 0 Å². The first-order valence-corrected chi connectivity index (χ1v) is 5.15. The summed E-state index contributed by atoms with van der Waals surface area (Å²) in [4.78, 5) is 19.3. The van der Waals surface area contributed by atoms with Crippen LogP contribution in [0, 0.1) is 0 Å². The Balaban J connectivity index is 2.30. The van der Waals surface area contributed by atoms with E-state index in [1.54, 1.807) is 12.4 Å². The first-order valence-electron chi connectivity index (χ1n) is 4.35. The molecule has 0 aromatic carbocycles. The molecular weight excluding hydrogens is 258 g/mol. The number of pyridine rings is 1. The van der Waals surface area contributed by atoms with Gasteiger partial charge in [-0.1, -0.05) is 0 Å². The van der Waals surface area contributed by atoms with Gasteiger partial charge < -0.3 is 0 Å². The largest absolute Gasteiger partial charge is 0.295 e. The molecular formula is C10H8BrN3O. The fraction of sp³-hybridized carbons (Fsp3) is 0.100. The Bertz CT molecular complexity index is 524. The summed E-state index contributed by atoms with van der Waals surface area (Å²) in [5.41, 5.74) is 0.893. The zero-order chi connectivity index (χ0) is 10.7. The number of aromatic nitrogens is 3. The number of rotatable bonds is 2. The van der Waals surface area contributed by atoms with Gasteiger partial charge in [0, 0.05) is 29.1 Å².